The molecule has 0 saturated carbocycles. The number of rotatable bonds is 5. The molecule has 94 valence electrons. The maximum absolute atomic E-state index is 11.4. The monoisotopic (exact) mass is 258 g/mol. The van der Waals surface area contributed by atoms with Crippen molar-refractivity contribution in [3.63, 3.8) is 0 Å². The second-order valence-corrected chi connectivity index (χ2v) is 3.90. The third kappa shape index (κ3) is 3.89. The van der Waals surface area contributed by atoms with Gasteiger partial charge >= 0.3 is 0 Å². The average molecular weight is 259 g/mol. The lowest BCUT2D eigenvalue weighted by molar-refractivity contribution is 0.0963. The van der Waals surface area contributed by atoms with Gasteiger partial charge in [-0.3, -0.25) is 4.79 Å². The lowest BCUT2D eigenvalue weighted by Crippen LogP contribution is -2.23. The van der Waals surface area contributed by atoms with Gasteiger partial charge in [-0.05, 0) is 18.2 Å². The molecular weight excluding hydrogens is 244 g/mol. The number of anilines is 1. The van der Waals surface area contributed by atoms with Gasteiger partial charge in [-0.1, -0.05) is 11.6 Å². The van der Waals surface area contributed by atoms with Crippen LogP contribution in [0.1, 0.15) is 10.4 Å². The predicted molar refractivity (Wildman–Crippen MR) is 66.4 cm³/mol. The predicted octanol–water partition coefficient (Wildman–Crippen LogP) is 0.465. The van der Waals surface area contributed by atoms with Crippen LogP contribution in [-0.2, 0) is 0 Å². The Balaban J connectivity index is 2.80. The highest BCUT2D eigenvalue weighted by atomic mass is 35.5. The molecule has 0 fully saturated rings. The number of benzene rings is 1. The third-order valence-electron chi connectivity index (χ3n) is 2.19. The van der Waals surface area contributed by atoms with Crippen molar-refractivity contribution >= 4 is 23.2 Å². The molecule has 0 heterocycles. The van der Waals surface area contributed by atoms with Crippen LogP contribution >= 0.6 is 11.6 Å². The molecule has 0 aromatic heterocycles. The van der Waals surface area contributed by atoms with Crippen LogP contribution in [0.25, 0.3) is 0 Å². The maximum atomic E-state index is 11.4. The third-order valence-corrected chi connectivity index (χ3v) is 2.52. The zero-order chi connectivity index (χ0) is 12.8. The van der Waals surface area contributed by atoms with Gasteiger partial charge < -0.3 is 20.8 Å². The summed E-state index contributed by atoms with van der Waals surface area (Å²) in [5, 5.41) is 23.7. The largest absolute Gasteiger partial charge is 0.394 e. The Kier molecular flexibility index (Phi) is 5.21. The first-order valence-electron chi connectivity index (χ1n) is 5.13. The quantitative estimate of drug-likeness (QED) is 0.619. The summed E-state index contributed by atoms with van der Waals surface area (Å²) in [5.41, 5.74) is 1.01. The van der Waals surface area contributed by atoms with Crippen molar-refractivity contribution in [1.29, 1.82) is 0 Å². The Hall–Kier alpha value is -1.30. The van der Waals surface area contributed by atoms with Gasteiger partial charge in [-0.15, -0.1) is 0 Å². The molecular formula is C11H15ClN2O3. The van der Waals surface area contributed by atoms with Crippen LogP contribution in [0, 0.1) is 0 Å². The fourth-order valence-electron chi connectivity index (χ4n) is 1.24. The van der Waals surface area contributed by atoms with Gasteiger partial charge in [0.05, 0.1) is 23.4 Å². The van der Waals surface area contributed by atoms with E-state index in [4.69, 9.17) is 16.7 Å². The standard InChI is InChI=1S/C11H15ClN2O3/c1-13-11(17)7-2-3-9(12)10(4-7)14-5-8(16)6-15/h2-4,8,14-16H,5-6H2,1H3,(H,13,17). The van der Waals surface area contributed by atoms with Crippen LogP contribution in [0.2, 0.25) is 5.02 Å². The summed E-state index contributed by atoms with van der Waals surface area (Å²) in [5.74, 6) is -0.215. The summed E-state index contributed by atoms with van der Waals surface area (Å²) < 4.78 is 0. The molecule has 0 aliphatic carbocycles. The molecule has 1 unspecified atom stereocenters. The number of aliphatic hydroxyl groups is 2. The Labute approximate surface area is 104 Å². The van der Waals surface area contributed by atoms with Crippen LogP contribution in [0.5, 0.6) is 0 Å². The molecule has 4 N–H and O–H groups in total. The Bertz CT molecular complexity index is 398. The zero-order valence-electron chi connectivity index (χ0n) is 9.40. The molecule has 1 atom stereocenters. The van der Waals surface area contributed by atoms with Crippen molar-refractivity contribution in [1.82, 2.24) is 5.32 Å². The number of halogens is 1. The highest BCUT2D eigenvalue weighted by Gasteiger charge is 2.08. The second-order valence-electron chi connectivity index (χ2n) is 3.49. The lowest BCUT2D eigenvalue weighted by atomic mass is 10.2. The number of nitrogens with one attached hydrogen (secondary N) is 2. The van der Waals surface area contributed by atoms with Gasteiger partial charge in [0.1, 0.15) is 0 Å². The zero-order valence-corrected chi connectivity index (χ0v) is 10.2. The summed E-state index contributed by atoms with van der Waals surface area (Å²) in [6.45, 7) is -0.173. The Morgan fingerprint density at radius 1 is 1.53 bits per heavy atom. The topological polar surface area (TPSA) is 81.6 Å². The molecule has 0 aliphatic heterocycles. The first-order valence-corrected chi connectivity index (χ1v) is 5.50. The summed E-state index contributed by atoms with van der Waals surface area (Å²) in [4.78, 5) is 11.4. The maximum Gasteiger partial charge on any atom is 0.251 e. The highest BCUT2D eigenvalue weighted by molar-refractivity contribution is 6.33. The molecule has 1 aromatic carbocycles. The van der Waals surface area contributed by atoms with E-state index in [0.717, 1.165) is 0 Å². The first-order chi connectivity index (χ1) is 8.08. The minimum Gasteiger partial charge on any atom is -0.394 e. The van der Waals surface area contributed by atoms with E-state index >= 15 is 0 Å². The first kappa shape index (κ1) is 13.8. The van der Waals surface area contributed by atoms with Gasteiger partial charge in [-0.2, -0.15) is 0 Å². The van der Waals surface area contributed by atoms with Crippen LogP contribution in [0.3, 0.4) is 0 Å². The smallest absolute Gasteiger partial charge is 0.251 e. The molecule has 0 aliphatic rings. The normalized spacial score (nSPS) is 12.0. The van der Waals surface area contributed by atoms with E-state index in [2.05, 4.69) is 10.6 Å². The Morgan fingerprint density at radius 2 is 2.24 bits per heavy atom. The molecule has 0 saturated heterocycles. The fourth-order valence-corrected chi connectivity index (χ4v) is 1.42. The lowest BCUT2D eigenvalue weighted by Gasteiger charge is -2.12. The van der Waals surface area contributed by atoms with Crippen molar-refractivity contribution in [2.75, 3.05) is 25.5 Å². The number of hydrogen-bond donors (Lipinski definition) is 4. The number of aliphatic hydroxyl groups excluding tert-OH is 2. The molecule has 6 heteroatoms. The van der Waals surface area contributed by atoms with E-state index in [1.807, 2.05) is 0 Å². The molecule has 0 radical (unpaired) electrons. The number of hydrogen-bond acceptors (Lipinski definition) is 4. The molecule has 0 spiro atoms. The van der Waals surface area contributed by atoms with Crippen LogP contribution in [-0.4, -0.2) is 42.4 Å². The van der Waals surface area contributed by atoms with E-state index in [-0.39, 0.29) is 19.1 Å². The summed E-state index contributed by atoms with van der Waals surface area (Å²) >= 11 is 5.93. The fraction of sp³-hybridized carbons (Fsp3) is 0.364. The SMILES string of the molecule is CNC(=O)c1ccc(Cl)c(NCC(O)CO)c1. The highest BCUT2D eigenvalue weighted by Crippen LogP contribution is 2.22. The molecule has 17 heavy (non-hydrogen) atoms. The van der Waals surface area contributed by atoms with Gasteiger partial charge in [0.25, 0.3) is 5.91 Å². The summed E-state index contributed by atoms with van der Waals surface area (Å²) in [7, 11) is 1.54. The van der Waals surface area contributed by atoms with E-state index in [9.17, 15) is 9.90 Å². The van der Waals surface area contributed by atoms with Gasteiger partial charge in [-0.25, -0.2) is 0 Å². The van der Waals surface area contributed by atoms with Crippen LogP contribution in [0.4, 0.5) is 5.69 Å². The van der Waals surface area contributed by atoms with Crippen molar-refractivity contribution in [3.8, 4) is 0 Å². The number of amides is 1. The van der Waals surface area contributed by atoms with Crippen molar-refractivity contribution in [2.45, 2.75) is 6.10 Å². The molecule has 5 nitrogen and oxygen atoms in total. The van der Waals surface area contributed by atoms with E-state index in [0.29, 0.717) is 16.3 Å². The van der Waals surface area contributed by atoms with Gasteiger partial charge in [0.15, 0.2) is 0 Å². The second kappa shape index (κ2) is 6.44. The van der Waals surface area contributed by atoms with Crippen molar-refractivity contribution in [2.24, 2.45) is 0 Å². The molecule has 1 aromatic rings. The molecule has 0 bridgehead atoms. The number of carbonyl (C=O) groups excluding carboxylic acids is 1. The van der Waals surface area contributed by atoms with Gasteiger partial charge in [0.2, 0.25) is 0 Å². The molecule has 1 amide bonds. The van der Waals surface area contributed by atoms with Crippen molar-refractivity contribution in [3.05, 3.63) is 28.8 Å². The minimum atomic E-state index is -0.866. The Morgan fingerprint density at radius 3 is 2.82 bits per heavy atom. The van der Waals surface area contributed by atoms with E-state index < -0.39 is 6.10 Å². The summed E-state index contributed by atoms with van der Waals surface area (Å²) in [6, 6.07) is 4.79. The van der Waals surface area contributed by atoms with Crippen LogP contribution in [0.15, 0.2) is 18.2 Å². The van der Waals surface area contributed by atoms with Gasteiger partial charge in [0, 0.05) is 19.2 Å². The van der Waals surface area contributed by atoms with E-state index in [1.54, 1.807) is 25.2 Å². The number of carbonyl (C=O) groups is 1. The average Bonchev–Trinajstić information content (AvgIpc) is 2.36. The van der Waals surface area contributed by atoms with Crippen LogP contribution < -0.4 is 10.6 Å². The summed E-state index contributed by atoms with van der Waals surface area (Å²) in [6.07, 6.45) is -0.866. The van der Waals surface area contributed by atoms with E-state index in [1.165, 1.54) is 0 Å². The van der Waals surface area contributed by atoms with Crippen molar-refractivity contribution < 1.29 is 15.0 Å². The molecule has 1 rings (SSSR count). The minimum absolute atomic E-state index is 0.160.